The maximum atomic E-state index is 15.9. The normalized spacial score (nSPS) is 25.1. The number of imide groups is 1. The highest BCUT2D eigenvalue weighted by molar-refractivity contribution is 6.05. The summed E-state index contributed by atoms with van der Waals surface area (Å²) in [6.45, 7) is 11.5. The van der Waals surface area contributed by atoms with Crippen LogP contribution in [0.1, 0.15) is 74.2 Å². The molecule has 1 atom stereocenters. The number of pyridine rings is 1. The zero-order valence-corrected chi connectivity index (χ0v) is 33.7. The summed E-state index contributed by atoms with van der Waals surface area (Å²) in [5, 5.41) is 10.9. The Hall–Kier alpha value is -5.22. The van der Waals surface area contributed by atoms with Crippen molar-refractivity contribution in [3.8, 4) is 17.3 Å². The second kappa shape index (κ2) is 15.4. The number of aromatic amines is 1. The van der Waals surface area contributed by atoms with Crippen molar-refractivity contribution in [2.24, 2.45) is 11.8 Å². The van der Waals surface area contributed by atoms with Gasteiger partial charge in [0.2, 0.25) is 17.7 Å². The fourth-order valence-electron chi connectivity index (χ4n) is 9.82. The average Bonchev–Trinajstić information content (AvgIpc) is 3.66. The molecule has 2 aliphatic carbocycles. The minimum Gasteiger partial charge on any atom is -0.471 e. The third-order valence-corrected chi connectivity index (χ3v) is 13.7. The van der Waals surface area contributed by atoms with Gasteiger partial charge >= 0.3 is 0 Å². The van der Waals surface area contributed by atoms with Crippen molar-refractivity contribution in [1.82, 2.24) is 45.2 Å². The van der Waals surface area contributed by atoms with Crippen LogP contribution < -0.4 is 19.9 Å². The van der Waals surface area contributed by atoms with Gasteiger partial charge in [0.1, 0.15) is 29.5 Å². The van der Waals surface area contributed by atoms with Crippen molar-refractivity contribution < 1.29 is 23.5 Å². The van der Waals surface area contributed by atoms with Gasteiger partial charge in [0.05, 0.1) is 29.6 Å². The Labute approximate surface area is 342 Å². The third kappa shape index (κ3) is 7.72. The molecule has 3 aromatic heterocycles. The molecule has 2 saturated carbocycles. The molecule has 2 N–H and O–H groups in total. The lowest BCUT2D eigenvalue weighted by atomic mass is 9.81. The van der Waals surface area contributed by atoms with E-state index in [-0.39, 0.29) is 42.6 Å². The van der Waals surface area contributed by atoms with Crippen LogP contribution in [0.25, 0.3) is 22.3 Å². The molecule has 16 heteroatoms. The summed E-state index contributed by atoms with van der Waals surface area (Å²) in [7, 11) is 0. The second-order valence-electron chi connectivity index (χ2n) is 17.7. The number of benzene rings is 1. The van der Waals surface area contributed by atoms with Crippen LogP contribution in [0.3, 0.4) is 0 Å². The molecule has 59 heavy (non-hydrogen) atoms. The van der Waals surface area contributed by atoms with E-state index in [1.54, 1.807) is 24.7 Å². The number of anilines is 2. The largest absolute Gasteiger partial charge is 0.471 e. The van der Waals surface area contributed by atoms with E-state index in [0.29, 0.717) is 28.6 Å². The van der Waals surface area contributed by atoms with E-state index in [1.807, 2.05) is 12.1 Å². The smallest absolute Gasteiger partial charge is 0.255 e. The third-order valence-electron chi connectivity index (χ3n) is 13.7. The molecule has 10 rings (SSSR count). The Morgan fingerprint density at radius 1 is 0.847 bits per heavy atom. The van der Waals surface area contributed by atoms with Crippen LogP contribution in [-0.4, -0.2) is 135 Å². The molecule has 0 radical (unpaired) electrons. The molecule has 4 aliphatic heterocycles. The number of piperazine rings is 2. The fraction of sp³-hybridized carbons (Fsp3) is 0.558. The van der Waals surface area contributed by atoms with Crippen LogP contribution in [0.5, 0.6) is 5.88 Å². The summed E-state index contributed by atoms with van der Waals surface area (Å²) in [4.78, 5) is 61.9. The highest BCUT2D eigenvalue weighted by Crippen LogP contribution is 2.40. The Morgan fingerprint density at radius 2 is 1.54 bits per heavy atom. The van der Waals surface area contributed by atoms with E-state index in [4.69, 9.17) is 4.74 Å². The maximum absolute atomic E-state index is 15.9. The predicted octanol–water partition coefficient (Wildman–Crippen LogP) is 4.00. The lowest BCUT2D eigenvalue weighted by Crippen LogP contribution is -2.52. The van der Waals surface area contributed by atoms with Crippen LogP contribution >= 0.6 is 0 Å². The summed E-state index contributed by atoms with van der Waals surface area (Å²) in [5.74, 6) is 1.40. The molecule has 6 aliphatic rings. The van der Waals surface area contributed by atoms with Gasteiger partial charge in [0.15, 0.2) is 5.82 Å². The topological polar surface area (TPSA) is 156 Å². The van der Waals surface area contributed by atoms with Crippen molar-refractivity contribution in [3.63, 3.8) is 0 Å². The van der Waals surface area contributed by atoms with Gasteiger partial charge in [-0.25, -0.2) is 19.3 Å². The van der Waals surface area contributed by atoms with Crippen molar-refractivity contribution in [2.45, 2.75) is 76.5 Å². The number of amides is 3. The Balaban J connectivity index is 0.667. The SMILES string of the molecule is CC1(Oc2cc3c(-c4cc(N5CCN(CC6CCC(CN7CCN(c8ccc9c(c8F)CN(C8CCC(=O)NC8=O)C9=O)CC7)CC6)CC5)ncn4)n[nH]c3cn2)CC1. The van der Waals surface area contributed by atoms with Crippen molar-refractivity contribution >= 4 is 40.1 Å². The number of H-pyrrole nitrogens is 1. The first kappa shape index (κ1) is 38.0. The first-order chi connectivity index (χ1) is 28.7. The lowest BCUT2D eigenvalue weighted by molar-refractivity contribution is -0.136. The van der Waals surface area contributed by atoms with Gasteiger partial charge in [-0.3, -0.25) is 34.6 Å². The number of carbonyl (C=O) groups is 3. The van der Waals surface area contributed by atoms with E-state index in [0.717, 1.165) is 112 Å². The zero-order chi connectivity index (χ0) is 40.3. The molecule has 310 valence electrons. The number of ether oxygens (including phenoxy) is 1. The number of halogens is 1. The quantitative estimate of drug-likeness (QED) is 0.223. The van der Waals surface area contributed by atoms with Gasteiger partial charge in [-0.1, -0.05) is 0 Å². The molecule has 0 spiro atoms. The van der Waals surface area contributed by atoms with Gasteiger partial charge in [0, 0.05) is 101 Å². The van der Waals surface area contributed by atoms with Crippen LogP contribution in [0, 0.1) is 17.7 Å². The minimum absolute atomic E-state index is 0.0454. The number of hydrogen-bond acceptors (Lipinski definition) is 12. The van der Waals surface area contributed by atoms with Crippen LogP contribution in [-0.2, 0) is 16.1 Å². The molecular formula is C43H52FN11O4. The molecule has 3 saturated heterocycles. The summed E-state index contributed by atoms with van der Waals surface area (Å²) >= 11 is 0. The highest BCUT2D eigenvalue weighted by atomic mass is 19.1. The van der Waals surface area contributed by atoms with Gasteiger partial charge < -0.3 is 19.4 Å². The van der Waals surface area contributed by atoms with Crippen molar-refractivity contribution in [1.29, 1.82) is 0 Å². The van der Waals surface area contributed by atoms with Crippen LogP contribution in [0.2, 0.25) is 0 Å². The average molecular weight is 806 g/mol. The fourth-order valence-corrected chi connectivity index (χ4v) is 9.82. The molecule has 1 unspecified atom stereocenters. The number of fused-ring (bicyclic) bond motifs is 2. The van der Waals surface area contributed by atoms with E-state index in [9.17, 15) is 14.4 Å². The van der Waals surface area contributed by atoms with Gasteiger partial charge in [-0.2, -0.15) is 5.10 Å². The number of carbonyl (C=O) groups excluding carboxylic acids is 3. The number of nitrogens with zero attached hydrogens (tertiary/aromatic N) is 9. The number of rotatable bonds is 10. The van der Waals surface area contributed by atoms with E-state index >= 15 is 4.39 Å². The number of nitrogens with one attached hydrogen (secondary N) is 2. The van der Waals surface area contributed by atoms with E-state index < -0.39 is 11.9 Å². The molecule has 1 aromatic carbocycles. The number of piperidine rings is 1. The molecular weight excluding hydrogens is 754 g/mol. The Kier molecular flexibility index (Phi) is 9.94. The molecule has 5 fully saturated rings. The molecule has 4 aromatic rings. The molecule has 0 bridgehead atoms. The summed E-state index contributed by atoms with van der Waals surface area (Å²) < 4.78 is 22.1. The van der Waals surface area contributed by atoms with E-state index in [2.05, 4.69) is 57.0 Å². The van der Waals surface area contributed by atoms with Crippen molar-refractivity contribution in [3.05, 3.63) is 53.7 Å². The standard InChI is InChI=1S/C43H52FN11O4/c1-43(10-11-43)59-38-20-30-33(22-45-38)49-50-40(30)32-21-36(47-26-46-32)54-18-14-52(15-19-54)24-28-4-2-27(3-5-28)23-51-12-16-53(17-13-51)34-7-6-29-31(39(34)44)25-55(42(29)58)35-8-9-37(56)48-41(35)57/h6-7,20-22,26-28,35H,2-5,8-19,23-25H2,1H3,(H,49,50)(H,48,56,57). The molecule has 3 amide bonds. The lowest BCUT2D eigenvalue weighted by Gasteiger charge is -2.40. The molecule has 7 heterocycles. The number of aromatic nitrogens is 5. The minimum atomic E-state index is -0.754. The summed E-state index contributed by atoms with van der Waals surface area (Å²) in [6.07, 6.45) is 10.9. The van der Waals surface area contributed by atoms with Gasteiger partial charge in [-0.05, 0) is 75.8 Å². The monoisotopic (exact) mass is 805 g/mol. The van der Waals surface area contributed by atoms with Crippen LogP contribution in [0.15, 0.2) is 36.8 Å². The second-order valence-corrected chi connectivity index (χ2v) is 17.7. The zero-order valence-electron chi connectivity index (χ0n) is 33.7. The first-order valence-electron chi connectivity index (χ1n) is 21.4. The first-order valence-corrected chi connectivity index (χ1v) is 21.4. The van der Waals surface area contributed by atoms with Crippen molar-refractivity contribution in [2.75, 3.05) is 75.2 Å². The van der Waals surface area contributed by atoms with E-state index in [1.165, 1.54) is 30.6 Å². The van der Waals surface area contributed by atoms with Gasteiger partial charge in [0.25, 0.3) is 5.91 Å². The maximum Gasteiger partial charge on any atom is 0.255 e. The Morgan fingerprint density at radius 3 is 2.22 bits per heavy atom. The summed E-state index contributed by atoms with van der Waals surface area (Å²) in [6, 6.07) is 6.66. The molecule has 15 nitrogen and oxygen atoms in total. The summed E-state index contributed by atoms with van der Waals surface area (Å²) in [5.41, 5.74) is 3.48. The predicted molar refractivity (Wildman–Crippen MR) is 218 cm³/mol. The van der Waals surface area contributed by atoms with Gasteiger partial charge in [-0.15, -0.1) is 0 Å². The number of hydrogen-bond donors (Lipinski definition) is 2. The highest BCUT2D eigenvalue weighted by Gasteiger charge is 2.42. The Bertz CT molecular complexity index is 2260. The van der Waals surface area contributed by atoms with Crippen LogP contribution in [0.4, 0.5) is 15.9 Å².